The number of hydrogen-bond donors (Lipinski definition) is 2. The molecule has 2 N–H and O–H groups in total. The highest BCUT2D eigenvalue weighted by Gasteiger charge is 2.49. The molecule has 1 saturated carbocycles. The average molecular weight is 238 g/mol. The Kier molecular flexibility index (Phi) is 2.83. The Morgan fingerprint density at radius 2 is 2.24 bits per heavy atom. The summed E-state index contributed by atoms with van der Waals surface area (Å²) in [7, 11) is 1.63. The molecule has 0 aromatic carbocycles. The van der Waals surface area contributed by atoms with Crippen LogP contribution in [0.5, 0.6) is 0 Å². The predicted molar refractivity (Wildman–Crippen MR) is 56.8 cm³/mol. The zero-order valence-electron chi connectivity index (χ0n) is 9.67. The van der Waals surface area contributed by atoms with Crippen molar-refractivity contribution >= 4 is 11.9 Å². The molecule has 1 aliphatic carbocycles. The molecule has 1 aliphatic rings. The first-order valence-electron chi connectivity index (χ1n) is 5.34. The van der Waals surface area contributed by atoms with Crippen LogP contribution >= 0.6 is 0 Å². The molecular weight excluding hydrogens is 224 g/mol. The van der Waals surface area contributed by atoms with Crippen molar-refractivity contribution in [3.63, 3.8) is 0 Å². The lowest BCUT2D eigenvalue weighted by Gasteiger charge is -2.14. The Hall–Kier alpha value is -1.92. The van der Waals surface area contributed by atoms with Crippen molar-refractivity contribution in [2.75, 3.05) is 7.05 Å². The van der Waals surface area contributed by atoms with Crippen molar-refractivity contribution in [1.29, 1.82) is 0 Å². The van der Waals surface area contributed by atoms with Crippen LogP contribution in [-0.4, -0.2) is 44.1 Å². The molecular formula is C10H14N4O3. The van der Waals surface area contributed by atoms with Gasteiger partial charge in [0, 0.05) is 7.05 Å². The van der Waals surface area contributed by atoms with Crippen molar-refractivity contribution in [3.05, 3.63) is 11.6 Å². The molecule has 1 aromatic rings. The molecule has 0 bridgehead atoms. The van der Waals surface area contributed by atoms with Crippen LogP contribution in [0.25, 0.3) is 0 Å². The highest BCUT2D eigenvalue weighted by Crippen LogP contribution is 2.39. The minimum Gasteiger partial charge on any atom is -0.481 e. The van der Waals surface area contributed by atoms with Crippen molar-refractivity contribution in [3.8, 4) is 0 Å². The number of carbonyl (C=O) groups is 2. The van der Waals surface area contributed by atoms with E-state index in [4.69, 9.17) is 5.11 Å². The molecule has 0 unspecified atom stereocenters. The van der Waals surface area contributed by atoms with Crippen LogP contribution in [0.3, 0.4) is 0 Å². The standard InChI is InChI=1S/C10H14N4O3/c1-5-11-8(13-12-5)4-14(2)9(15)6-3-7(6)10(16)17/h6-7H,3-4H2,1-2H3,(H,16,17)(H,11,12,13)/t6-,7+/m1/s1. The van der Waals surface area contributed by atoms with Gasteiger partial charge in [-0.05, 0) is 13.3 Å². The molecule has 1 amide bonds. The van der Waals surface area contributed by atoms with Gasteiger partial charge in [0.1, 0.15) is 5.82 Å². The highest BCUT2D eigenvalue weighted by molar-refractivity contribution is 5.89. The normalized spacial score (nSPS) is 22.2. The smallest absolute Gasteiger partial charge is 0.307 e. The number of rotatable bonds is 4. The number of carboxylic acid groups (broad SMARTS) is 1. The molecule has 0 radical (unpaired) electrons. The summed E-state index contributed by atoms with van der Waals surface area (Å²) in [5, 5.41) is 15.4. The fourth-order valence-electron chi connectivity index (χ4n) is 1.77. The predicted octanol–water partition coefficient (Wildman–Crippen LogP) is -0.208. The number of carboxylic acids is 1. The van der Waals surface area contributed by atoms with Gasteiger partial charge in [-0.3, -0.25) is 14.7 Å². The largest absolute Gasteiger partial charge is 0.481 e. The van der Waals surface area contributed by atoms with Gasteiger partial charge in [0.2, 0.25) is 5.91 Å². The zero-order chi connectivity index (χ0) is 12.6. The summed E-state index contributed by atoms with van der Waals surface area (Å²) in [5.74, 6) is -0.719. The number of nitrogens with one attached hydrogen (secondary N) is 1. The molecule has 1 fully saturated rings. The van der Waals surface area contributed by atoms with E-state index in [-0.39, 0.29) is 11.8 Å². The summed E-state index contributed by atoms with van der Waals surface area (Å²) < 4.78 is 0. The molecule has 17 heavy (non-hydrogen) atoms. The number of aryl methyl sites for hydroxylation is 1. The van der Waals surface area contributed by atoms with Crippen LogP contribution in [0.15, 0.2) is 0 Å². The lowest BCUT2D eigenvalue weighted by molar-refractivity contribution is -0.141. The first-order valence-corrected chi connectivity index (χ1v) is 5.34. The Balaban J connectivity index is 1.91. The first kappa shape index (κ1) is 11.6. The van der Waals surface area contributed by atoms with Crippen molar-refractivity contribution in [2.45, 2.75) is 19.9 Å². The van der Waals surface area contributed by atoms with Gasteiger partial charge >= 0.3 is 5.97 Å². The van der Waals surface area contributed by atoms with Crippen LogP contribution in [0.1, 0.15) is 18.1 Å². The Labute approximate surface area is 97.8 Å². The van der Waals surface area contributed by atoms with E-state index in [1.165, 1.54) is 4.90 Å². The number of amides is 1. The number of aromatic amines is 1. The van der Waals surface area contributed by atoms with E-state index < -0.39 is 11.9 Å². The van der Waals surface area contributed by atoms with Gasteiger partial charge in [-0.2, -0.15) is 5.10 Å². The number of hydrogen-bond acceptors (Lipinski definition) is 4. The molecule has 0 aliphatic heterocycles. The van der Waals surface area contributed by atoms with Crippen molar-refractivity contribution < 1.29 is 14.7 Å². The van der Waals surface area contributed by atoms with Gasteiger partial charge in [0.25, 0.3) is 0 Å². The lowest BCUT2D eigenvalue weighted by atomic mass is 10.3. The fraction of sp³-hybridized carbons (Fsp3) is 0.600. The minimum absolute atomic E-state index is 0.153. The summed E-state index contributed by atoms with van der Waals surface area (Å²) in [5.41, 5.74) is 0. The van der Waals surface area contributed by atoms with Gasteiger partial charge in [0.05, 0.1) is 18.4 Å². The number of H-pyrrole nitrogens is 1. The van der Waals surface area contributed by atoms with Crippen molar-refractivity contribution in [1.82, 2.24) is 20.1 Å². The summed E-state index contributed by atoms with van der Waals surface area (Å²) in [6, 6.07) is 0. The molecule has 0 spiro atoms. The fourth-order valence-corrected chi connectivity index (χ4v) is 1.77. The zero-order valence-corrected chi connectivity index (χ0v) is 9.67. The number of aromatic nitrogens is 3. The lowest BCUT2D eigenvalue weighted by Crippen LogP contribution is -2.29. The van der Waals surface area contributed by atoms with Crippen LogP contribution in [-0.2, 0) is 16.1 Å². The quantitative estimate of drug-likeness (QED) is 0.756. The first-order chi connectivity index (χ1) is 7.99. The molecule has 1 heterocycles. The topological polar surface area (TPSA) is 99.2 Å². The number of carbonyl (C=O) groups excluding carboxylic acids is 1. The monoisotopic (exact) mass is 238 g/mol. The minimum atomic E-state index is -0.898. The van der Waals surface area contributed by atoms with Gasteiger partial charge in [-0.1, -0.05) is 0 Å². The maximum absolute atomic E-state index is 11.8. The van der Waals surface area contributed by atoms with E-state index in [2.05, 4.69) is 15.2 Å². The number of aliphatic carboxylic acids is 1. The second kappa shape index (κ2) is 4.15. The van der Waals surface area contributed by atoms with Gasteiger partial charge in [0.15, 0.2) is 5.82 Å². The second-order valence-corrected chi connectivity index (χ2v) is 4.32. The van der Waals surface area contributed by atoms with E-state index in [1.54, 1.807) is 14.0 Å². The third-order valence-electron chi connectivity index (χ3n) is 2.82. The summed E-state index contributed by atoms with van der Waals surface area (Å²) >= 11 is 0. The van der Waals surface area contributed by atoms with Crippen LogP contribution in [0.4, 0.5) is 0 Å². The third-order valence-corrected chi connectivity index (χ3v) is 2.82. The van der Waals surface area contributed by atoms with Crippen molar-refractivity contribution in [2.24, 2.45) is 11.8 Å². The second-order valence-electron chi connectivity index (χ2n) is 4.32. The number of nitrogens with zero attached hydrogens (tertiary/aromatic N) is 3. The molecule has 0 saturated heterocycles. The maximum Gasteiger partial charge on any atom is 0.307 e. The highest BCUT2D eigenvalue weighted by atomic mass is 16.4. The Morgan fingerprint density at radius 1 is 1.53 bits per heavy atom. The molecule has 7 nitrogen and oxygen atoms in total. The van der Waals surface area contributed by atoms with Crippen LogP contribution in [0, 0.1) is 18.8 Å². The van der Waals surface area contributed by atoms with Crippen LogP contribution in [0.2, 0.25) is 0 Å². The third kappa shape index (κ3) is 2.43. The molecule has 92 valence electrons. The van der Waals surface area contributed by atoms with Gasteiger partial charge < -0.3 is 10.0 Å². The van der Waals surface area contributed by atoms with E-state index in [0.29, 0.717) is 24.6 Å². The van der Waals surface area contributed by atoms with E-state index in [0.717, 1.165) is 0 Å². The van der Waals surface area contributed by atoms with E-state index in [9.17, 15) is 9.59 Å². The summed E-state index contributed by atoms with van der Waals surface area (Å²) in [6.07, 6.45) is 0.436. The average Bonchev–Trinajstić information content (AvgIpc) is 2.96. The Morgan fingerprint density at radius 3 is 2.71 bits per heavy atom. The molecule has 2 rings (SSSR count). The molecule has 7 heteroatoms. The maximum atomic E-state index is 11.8. The van der Waals surface area contributed by atoms with E-state index >= 15 is 0 Å². The van der Waals surface area contributed by atoms with Gasteiger partial charge in [-0.25, -0.2) is 4.98 Å². The van der Waals surface area contributed by atoms with Gasteiger partial charge in [-0.15, -0.1) is 0 Å². The molecule has 1 aromatic heterocycles. The molecule has 2 atom stereocenters. The SMILES string of the molecule is Cc1nc(CN(C)C(=O)[C@@H]2C[C@@H]2C(=O)O)n[nH]1. The summed E-state index contributed by atoms with van der Waals surface area (Å²) in [4.78, 5) is 28.0. The van der Waals surface area contributed by atoms with Crippen LogP contribution < -0.4 is 0 Å². The van der Waals surface area contributed by atoms with E-state index in [1.807, 2.05) is 0 Å². The Bertz CT molecular complexity index is 456. The summed E-state index contributed by atoms with van der Waals surface area (Å²) in [6.45, 7) is 2.08.